The van der Waals surface area contributed by atoms with Gasteiger partial charge in [0.25, 0.3) is 5.91 Å². The highest BCUT2D eigenvalue weighted by atomic mass is 127. The molecule has 0 unspecified atom stereocenters. The zero-order valence-corrected chi connectivity index (χ0v) is 15.7. The van der Waals surface area contributed by atoms with Crippen LogP contribution in [0.25, 0.3) is 0 Å². The first-order valence-corrected chi connectivity index (χ1v) is 8.55. The zero-order chi connectivity index (χ0) is 17.7. The van der Waals surface area contributed by atoms with Crippen LogP contribution in [0, 0.1) is 17.4 Å². The second-order valence-corrected chi connectivity index (χ2v) is 6.68. The van der Waals surface area contributed by atoms with Gasteiger partial charge in [-0.25, -0.2) is 0 Å². The highest BCUT2D eigenvalue weighted by molar-refractivity contribution is 14.1. The van der Waals surface area contributed by atoms with Gasteiger partial charge in [-0.15, -0.1) is 0 Å². The molecule has 3 N–H and O–H groups in total. The standard InChI is InChI=1S/C18H19IN2O3/c1-11-7-13(8-12(2)17(11)23)9-20-16(22)10-21-18(24)14-5-3-4-6-15(14)19/h3-8,23H,9-10H2,1-2H3,(H,20,22)(H,21,24). The maximum absolute atomic E-state index is 12.0. The van der Waals surface area contributed by atoms with Crippen molar-refractivity contribution in [3.63, 3.8) is 0 Å². The Morgan fingerprint density at radius 1 is 1.08 bits per heavy atom. The van der Waals surface area contributed by atoms with Crippen molar-refractivity contribution in [2.75, 3.05) is 6.54 Å². The highest BCUT2D eigenvalue weighted by Gasteiger charge is 2.11. The average molecular weight is 438 g/mol. The van der Waals surface area contributed by atoms with E-state index in [-0.39, 0.29) is 24.1 Å². The lowest BCUT2D eigenvalue weighted by atomic mass is 10.1. The number of aryl methyl sites for hydroxylation is 2. The van der Waals surface area contributed by atoms with E-state index in [1.54, 1.807) is 12.1 Å². The quantitative estimate of drug-likeness (QED) is 0.629. The normalized spacial score (nSPS) is 10.3. The third kappa shape index (κ3) is 4.70. The molecule has 0 aliphatic carbocycles. The molecule has 0 heterocycles. The van der Waals surface area contributed by atoms with E-state index in [4.69, 9.17) is 0 Å². The number of halogens is 1. The summed E-state index contributed by atoms with van der Waals surface area (Å²) in [5.41, 5.74) is 2.99. The molecule has 0 bridgehead atoms. The Labute approximate surface area is 154 Å². The highest BCUT2D eigenvalue weighted by Crippen LogP contribution is 2.22. The van der Waals surface area contributed by atoms with Crippen LogP contribution >= 0.6 is 22.6 Å². The number of carbonyl (C=O) groups is 2. The smallest absolute Gasteiger partial charge is 0.252 e. The molecule has 6 heteroatoms. The van der Waals surface area contributed by atoms with E-state index in [2.05, 4.69) is 33.2 Å². The molecule has 0 saturated carbocycles. The van der Waals surface area contributed by atoms with E-state index in [1.165, 1.54) is 0 Å². The fourth-order valence-electron chi connectivity index (χ4n) is 2.31. The Morgan fingerprint density at radius 2 is 1.71 bits per heavy atom. The Balaban J connectivity index is 1.86. The maximum Gasteiger partial charge on any atom is 0.252 e. The summed E-state index contributed by atoms with van der Waals surface area (Å²) < 4.78 is 0.836. The first-order chi connectivity index (χ1) is 11.4. The summed E-state index contributed by atoms with van der Waals surface area (Å²) in [5, 5.41) is 15.1. The fraction of sp³-hybridized carbons (Fsp3) is 0.222. The second kappa shape index (κ2) is 8.14. The molecule has 5 nitrogen and oxygen atoms in total. The predicted molar refractivity (Wildman–Crippen MR) is 101 cm³/mol. The van der Waals surface area contributed by atoms with Gasteiger partial charge in [-0.2, -0.15) is 0 Å². The number of aromatic hydroxyl groups is 1. The van der Waals surface area contributed by atoms with Gasteiger partial charge >= 0.3 is 0 Å². The lowest BCUT2D eigenvalue weighted by molar-refractivity contribution is -0.120. The number of phenols is 1. The molecular formula is C18H19IN2O3. The molecule has 0 fully saturated rings. The third-order valence-electron chi connectivity index (χ3n) is 3.57. The molecule has 0 spiro atoms. The van der Waals surface area contributed by atoms with Gasteiger partial charge in [0.1, 0.15) is 5.75 Å². The van der Waals surface area contributed by atoms with Gasteiger partial charge in [0.05, 0.1) is 12.1 Å². The fourth-order valence-corrected chi connectivity index (χ4v) is 2.94. The van der Waals surface area contributed by atoms with Crippen LogP contribution in [0.15, 0.2) is 36.4 Å². The number of hydrogen-bond acceptors (Lipinski definition) is 3. The largest absolute Gasteiger partial charge is 0.507 e. The van der Waals surface area contributed by atoms with Crippen molar-refractivity contribution in [2.45, 2.75) is 20.4 Å². The number of carbonyl (C=O) groups excluding carboxylic acids is 2. The molecule has 0 radical (unpaired) electrons. The molecule has 126 valence electrons. The summed E-state index contributed by atoms with van der Waals surface area (Å²) in [5.74, 6) is -0.265. The minimum absolute atomic E-state index is 0.0835. The van der Waals surface area contributed by atoms with E-state index in [0.717, 1.165) is 20.3 Å². The van der Waals surface area contributed by atoms with Gasteiger partial charge < -0.3 is 15.7 Å². The number of nitrogens with one attached hydrogen (secondary N) is 2. The molecule has 0 aliphatic heterocycles. The Morgan fingerprint density at radius 3 is 2.33 bits per heavy atom. The van der Waals surface area contributed by atoms with Crippen LogP contribution < -0.4 is 10.6 Å². The predicted octanol–water partition coefficient (Wildman–Crippen LogP) is 2.66. The maximum atomic E-state index is 12.0. The number of amides is 2. The summed E-state index contributed by atoms with van der Waals surface area (Å²) in [6, 6.07) is 10.8. The van der Waals surface area contributed by atoms with Crippen LogP contribution in [0.3, 0.4) is 0 Å². The Kier molecular flexibility index (Phi) is 6.19. The van der Waals surface area contributed by atoms with Crippen LogP contribution in [0.4, 0.5) is 0 Å². The molecule has 0 atom stereocenters. The molecule has 0 aliphatic rings. The SMILES string of the molecule is Cc1cc(CNC(=O)CNC(=O)c2ccccc2I)cc(C)c1O. The van der Waals surface area contributed by atoms with Gasteiger partial charge in [0, 0.05) is 10.1 Å². The molecule has 2 aromatic rings. The van der Waals surface area contributed by atoms with Crippen molar-refractivity contribution in [3.8, 4) is 5.75 Å². The van der Waals surface area contributed by atoms with Crippen molar-refractivity contribution >= 4 is 34.4 Å². The molecular weight excluding hydrogens is 419 g/mol. The van der Waals surface area contributed by atoms with Gasteiger partial charge in [0.15, 0.2) is 0 Å². The van der Waals surface area contributed by atoms with Gasteiger partial charge in [-0.05, 0) is 65.3 Å². The van der Waals surface area contributed by atoms with Gasteiger partial charge in [-0.1, -0.05) is 24.3 Å². The van der Waals surface area contributed by atoms with Crippen molar-refractivity contribution in [1.29, 1.82) is 0 Å². The summed E-state index contributed by atoms with van der Waals surface area (Å²) in [4.78, 5) is 23.9. The zero-order valence-electron chi connectivity index (χ0n) is 13.5. The Bertz CT molecular complexity index is 752. The van der Waals surface area contributed by atoms with Crippen LogP contribution in [0.2, 0.25) is 0 Å². The second-order valence-electron chi connectivity index (χ2n) is 5.52. The summed E-state index contributed by atoms with van der Waals surface area (Å²) >= 11 is 2.08. The monoisotopic (exact) mass is 438 g/mol. The summed E-state index contributed by atoms with van der Waals surface area (Å²) in [6.45, 7) is 3.89. The Hall–Kier alpha value is -2.09. The van der Waals surface area contributed by atoms with Gasteiger partial charge in [-0.3, -0.25) is 9.59 Å². The molecule has 2 rings (SSSR count). The molecule has 2 aromatic carbocycles. The topological polar surface area (TPSA) is 78.4 Å². The lowest BCUT2D eigenvalue weighted by Crippen LogP contribution is -2.36. The minimum atomic E-state index is -0.272. The van der Waals surface area contributed by atoms with Crippen molar-refractivity contribution < 1.29 is 14.7 Å². The average Bonchev–Trinajstić information content (AvgIpc) is 2.56. The number of benzene rings is 2. The van der Waals surface area contributed by atoms with Crippen molar-refractivity contribution in [1.82, 2.24) is 10.6 Å². The van der Waals surface area contributed by atoms with E-state index >= 15 is 0 Å². The number of rotatable bonds is 5. The van der Waals surface area contributed by atoms with E-state index in [1.807, 2.05) is 38.1 Å². The van der Waals surface area contributed by atoms with Gasteiger partial charge in [0.2, 0.25) is 5.91 Å². The van der Waals surface area contributed by atoms with Crippen molar-refractivity contribution in [3.05, 3.63) is 62.2 Å². The third-order valence-corrected chi connectivity index (χ3v) is 4.51. The first-order valence-electron chi connectivity index (χ1n) is 7.47. The summed E-state index contributed by atoms with van der Waals surface area (Å²) in [6.07, 6.45) is 0. The number of hydrogen-bond donors (Lipinski definition) is 3. The number of phenolic OH excluding ortho intramolecular Hbond substituents is 1. The first kappa shape index (κ1) is 18.3. The molecule has 0 aromatic heterocycles. The van der Waals surface area contributed by atoms with Crippen LogP contribution in [0.1, 0.15) is 27.0 Å². The van der Waals surface area contributed by atoms with E-state index in [0.29, 0.717) is 12.1 Å². The summed E-state index contributed by atoms with van der Waals surface area (Å²) in [7, 11) is 0. The lowest BCUT2D eigenvalue weighted by Gasteiger charge is -2.10. The van der Waals surface area contributed by atoms with E-state index < -0.39 is 0 Å². The molecule has 24 heavy (non-hydrogen) atoms. The molecule has 2 amide bonds. The van der Waals surface area contributed by atoms with E-state index in [9.17, 15) is 14.7 Å². The van der Waals surface area contributed by atoms with Crippen molar-refractivity contribution in [2.24, 2.45) is 0 Å². The van der Waals surface area contributed by atoms with Crippen LogP contribution in [-0.4, -0.2) is 23.5 Å². The van der Waals surface area contributed by atoms with Crippen LogP contribution in [-0.2, 0) is 11.3 Å². The minimum Gasteiger partial charge on any atom is -0.507 e. The molecule has 0 saturated heterocycles. The van der Waals surface area contributed by atoms with Crippen LogP contribution in [0.5, 0.6) is 5.75 Å².